The van der Waals surface area contributed by atoms with Crippen molar-refractivity contribution in [3.05, 3.63) is 90.5 Å². The van der Waals surface area contributed by atoms with Crippen molar-refractivity contribution in [3.63, 3.8) is 0 Å². The molecule has 1 aliphatic rings. The Hall–Kier alpha value is -2.65. The minimum Gasteiger partial charge on any atom is -0.534 e. The number of ketones is 1. The van der Waals surface area contributed by atoms with Gasteiger partial charge in [0.1, 0.15) is 11.5 Å². The number of benzene rings is 3. The van der Waals surface area contributed by atoms with E-state index in [9.17, 15) is 4.79 Å². The fourth-order valence-corrected chi connectivity index (χ4v) is 9.33. The Balaban J connectivity index is 1.72. The second-order valence-corrected chi connectivity index (χ2v) is 13.9. The van der Waals surface area contributed by atoms with Gasteiger partial charge < -0.3 is 4.43 Å². The predicted octanol–water partition coefficient (Wildman–Crippen LogP) is 5.85. The molecule has 0 saturated heterocycles. The number of Topliss-reactive ketones (excluding diaryl/α,β-unsaturated/α-hetero) is 1. The number of hydrogen-bond donors (Lipinski definition) is 0. The first-order valence-electron chi connectivity index (χ1n) is 11.3. The minimum atomic E-state index is -2.60. The Bertz CT molecular complexity index is 955. The molecule has 160 valence electrons. The van der Waals surface area contributed by atoms with E-state index >= 15 is 0 Å². The van der Waals surface area contributed by atoms with Crippen molar-refractivity contribution in [3.8, 4) is 5.75 Å². The van der Waals surface area contributed by atoms with Crippen molar-refractivity contribution in [2.45, 2.75) is 57.4 Å². The molecular formula is C28H32O2Si. The highest BCUT2D eigenvalue weighted by atomic mass is 28.4. The van der Waals surface area contributed by atoms with E-state index in [2.05, 4.69) is 106 Å². The van der Waals surface area contributed by atoms with E-state index in [1.165, 1.54) is 15.9 Å². The van der Waals surface area contributed by atoms with Crippen molar-refractivity contribution in [2.75, 3.05) is 0 Å². The smallest absolute Gasteiger partial charge is 0.319 e. The molecular weight excluding hydrogens is 396 g/mol. The van der Waals surface area contributed by atoms with Gasteiger partial charge in [-0.15, -0.1) is 0 Å². The number of carbonyl (C=O) groups is 1. The van der Waals surface area contributed by atoms with Gasteiger partial charge in [-0.25, -0.2) is 0 Å². The summed E-state index contributed by atoms with van der Waals surface area (Å²) < 4.78 is 7.08. The average Bonchev–Trinajstić information content (AvgIpc) is 2.79. The van der Waals surface area contributed by atoms with Crippen LogP contribution in [0, 0.1) is 0 Å². The molecule has 0 radical (unpaired) electrons. The minimum absolute atomic E-state index is 0.0574. The zero-order valence-corrected chi connectivity index (χ0v) is 19.8. The van der Waals surface area contributed by atoms with Crippen LogP contribution in [0.5, 0.6) is 5.75 Å². The lowest BCUT2D eigenvalue weighted by atomic mass is 9.83. The monoisotopic (exact) mass is 428 g/mol. The second-order valence-electron chi connectivity index (χ2n) is 9.65. The van der Waals surface area contributed by atoms with Gasteiger partial charge in [0.2, 0.25) is 0 Å². The van der Waals surface area contributed by atoms with E-state index in [1.807, 2.05) is 0 Å². The van der Waals surface area contributed by atoms with Crippen molar-refractivity contribution in [1.29, 1.82) is 0 Å². The van der Waals surface area contributed by atoms with Crippen molar-refractivity contribution in [2.24, 2.45) is 0 Å². The van der Waals surface area contributed by atoms with Gasteiger partial charge in [0.15, 0.2) is 0 Å². The predicted molar refractivity (Wildman–Crippen MR) is 131 cm³/mol. The SMILES string of the molecule is CC(C)(C)[Si](Oc1ccc(C2CCC(=O)CC2)cc1)(c1ccccc1)c1ccccc1. The van der Waals surface area contributed by atoms with E-state index in [0.717, 1.165) is 18.6 Å². The van der Waals surface area contributed by atoms with Gasteiger partial charge in [0.05, 0.1) is 0 Å². The average molecular weight is 429 g/mol. The van der Waals surface area contributed by atoms with Crippen LogP contribution in [0.4, 0.5) is 0 Å². The Morgan fingerprint density at radius 1 is 0.742 bits per heavy atom. The lowest BCUT2D eigenvalue weighted by Gasteiger charge is -2.43. The molecule has 31 heavy (non-hydrogen) atoms. The molecule has 3 heteroatoms. The van der Waals surface area contributed by atoms with Gasteiger partial charge in [-0.05, 0) is 51.9 Å². The molecule has 0 bridgehead atoms. The van der Waals surface area contributed by atoms with Crippen molar-refractivity contribution < 1.29 is 9.22 Å². The highest BCUT2D eigenvalue weighted by Gasteiger charge is 2.52. The topological polar surface area (TPSA) is 26.3 Å². The fourth-order valence-electron chi connectivity index (χ4n) is 4.91. The summed E-state index contributed by atoms with van der Waals surface area (Å²) in [7, 11) is -2.60. The molecule has 0 spiro atoms. The van der Waals surface area contributed by atoms with Crippen LogP contribution in [0.1, 0.15) is 57.9 Å². The maximum Gasteiger partial charge on any atom is 0.319 e. The molecule has 2 nitrogen and oxygen atoms in total. The molecule has 0 aliphatic heterocycles. The van der Waals surface area contributed by atoms with E-state index in [1.54, 1.807) is 0 Å². The lowest BCUT2D eigenvalue weighted by molar-refractivity contribution is -0.120. The summed E-state index contributed by atoms with van der Waals surface area (Å²) in [5.41, 5.74) is 1.32. The van der Waals surface area contributed by atoms with Gasteiger partial charge in [-0.2, -0.15) is 0 Å². The van der Waals surface area contributed by atoms with Crippen LogP contribution >= 0.6 is 0 Å². The highest BCUT2D eigenvalue weighted by molar-refractivity contribution is 7.00. The molecule has 0 unspecified atom stereocenters. The summed E-state index contributed by atoms with van der Waals surface area (Å²) in [6, 6.07) is 30.1. The maximum atomic E-state index is 11.6. The van der Waals surface area contributed by atoms with Gasteiger partial charge in [-0.1, -0.05) is 93.6 Å². The molecule has 1 aliphatic carbocycles. The summed E-state index contributed by atoms with van der Waals surface area (Å²) in [5.74, 6) is 1.81. The van der Waals surface area contributed by atoms with Gasteiger partial charge in [0.25, 0.3) is 0 Å². The van der Waals surface area contributed by atoms with E-state index < -0.39 is 8.32 Å². The first-order valence-corrected chi connectivity index (χ1v) is 13.2. The summed E-state index contributed by atoms with van der Waals surface area (Å²) in [6.45, 7) is 6.89. The number of rotatable bonds is 5. The first-order chi connectivity index (χ1) is 14.9. The highest BCUT2D eigenvalue weighted by Crippen LogP contribution is 2.38. The van der Waals surface area contributed by atoms with Crippen LogP contribution < -0.4 is 14.8 Å². The van der Waals surface area contributed by atoms with E-state index in [4.69, 9.17) is 4.43 Å². The van der Waals surface area contributed by atoms with Gasteiger partial charge >= 0.3 is 8.32 Å². The molecule has 1 fully saturated rings. The van der Waals surface area contributed by atoms with Crippen LogP contribution in [-0.2, 0) is 4.79 Å². The molecule has 0 atom stereocenters. The fraction of sp³-hybridized carbons (Fsp3) is 0.321. The Labute approximate surface area is 187 Å². The van der Waals surface area contributed by atoms with E-state index in [-0.39, 0.29) is 5.04 Å². The van der Waals surface area contributed by atoms with Crippen molar-refractivity contribution in [1.82, 2.24) is 0 Å². The van der Waals surface area contributed by atoms with E-state index in [0.29, 0.717) is 24.5 Å². The Kier molecular flexibility index (Phi) is 6.15. The Morgan fingerprint density at radius 3 is 1.68 bits per heavy atom. The first kappa shape index (κ1) is 21.6. The standard InChI is InChI=1S/C28H32O2Si/c1-28(2,3)31(26-10-6-4-7-11-26,27-12-8-5-9-13-27)30-25-20-16-23(17-21-25)22-14-18-24(29)19-15-22/h4-13,16-17,20-22H,14-15,18-19H2,1-3H3. The second kappa shape index (κ2) is 8.84. The molecule has 1 saturated carbocycles. The molecule has 3 aromatic rings. The number of hydrogen-bond acceptors (Lipinski definition) is 2. The van der Waals surface area contributed by atoms with Crippen molar-refractivity contribution >= 4 is 24.5 Å². The third-order valence-electron chi connectivity index (χ3n) is 6.58. The molecule has 4 rings (SSSR count). The molecule has 0 N–H and O–H groups in total. The summed E-state index contributed by atoms with van der Waals surface area (Å²) in [5, 5.41) is 2.50. The molecule has 3 aromatic carbocycles. The third-order valence-corrected chi connectivity index (χ3v) is 11.5. The quantitative estimate of drug-likeness (QED) is 0.476. The van der Waals surface area contributed by atoms with Crippen LogP contribution in [0.15, 0.2) is 84.9 Å². The molecule has 0 heterocycles. The van der Waals surface area contributed by atoms with Crippen LogP contribution in [0.25, 0.3) is 0 Å². The van der Waals surface area contributed by atoms with Crippen LogP contribution in [0.2, 0.25) is 5.04 Å². The normalized spacial score (nSPS) is 15.6. The Morgan fingerprint density at radius 2 is 1.23 bits per heavy atom. The molecule has 0 amide bonds. The largest absolute Gasteiger partial charge is 0.534 e. The lowest BCUT2D eigenvalue weighted by Crippen LogP contribution is -2.68. The summed E-state index contributed by atoms with van der Waals surface area (Å²) in [6.07, 6.45) is 3.36. The zero-order chi connectivity index (χ0) is 21.9. The van der Waals surface area contributed by atoms with Crippen LogP contribution in [0.3, 0.4) is 0 Å². The van der Waals surface area contributed by atoms with Gasteiger partial charge in [0, 0.05) is 12.8 Å². The number of carbonyl (C=O) groups excluding carboxylic acids is 1. The van der Waals surface area contributed by atoms with Crippen LogP contribution in [-0.4, -0.2) is 14.1 Å². The molecule has 0 aromatic heterocycles. The third kappa shape index (κ3) is 4.38. The summed E-state index contributed by atoms with van der Waals surface area (Å²) >= 11 is 0. The zero-order valence-electron chi connectivity index (χ0n) is 18.8. The van der Waals surface area contributed by atoms with Gasteiger partial charge in [-0.3, -0.25) is 4.79 Å². The maximum absolute atomic E-state index is 11.6. The summed E-state index contributed by atoms with van der Waals surface area (Å²) in [4.78, 5) is 11.6.